The van der Waals surface area contributed by atoms with Gasteiger partial charge in [0.2, 0.25) is 5.91 Å². The molecule has 0 spiro atoms. The number of carbonyl (C=O) groups excluding carboxylic acids is 1. The minimum absolute atomic E-state index is 0.0541. The third-order valence-electron chi connectivity index (χ3n) is 3.26. The van der Waals surface area contributed by atoms with Crippen LogP contribution in [-0.4, -0.2) is 30.6 Å². The highest BCUT2D eigenvalue weighted by Gasteiger charge is 2.32. The maximum atomic E-state index is 12.3. The predicted octanol–water partition coefficient (Wildman–Crippen LogP) is 2.58. The Morgan fingerprint density at radius 1 is 1.20 bits per heavy atom. The van der Waals surface area contributed by atoms with Gasteiger partial charge in [0.05, 0.1) is 12.1 Å². The zero-order valence-electron chi connectivity index (χ0n) is 12.7. The molecule has 1 amide bonds. The molecule has 1 aromatic carbocycles. The lowest BCUT2D eigenvalue weighted by atomic mass is 10.2. The molecule has 0 radical (unpaired) electrons. The minimum atomic E-state index is -0.0541. The molecule has 1 fully saturated rings. The van der Waals surface area contributed by atoms with E-state index in [0.717, 1.165) is 24.4 Å². The van der Waals surface area contributed by atoms with Crippen LogP contribution in [0.25, 0.3) is 0 Å². The van der Waals surface area contributed by atoms with Gasteiger partial charge < -0.3 is 15.0 Å². The van der Waals surface area contributed by atoms with Crippen LogP contribution in [0, 0.1) is 0 Å². The number of benzene rings is 1. The molecule has 0 aliphatic carbocycles. The number of hydrogen-bond acceptors (Lipinski definition) is 3. The van der Waals surface area contributed by atoms with E-state index in [4.69, 9.17) is 4.74 Å². The zero-order chi connectivity index (χ0) is 14.7. The number of carbonyl (C=O) groups is 1. The van der Waals surface area contributed by atoms with Crippen LogP contribution in [0.4, 0.5) is 5.69 Å². The Labute approximate surface area is 121 Å². The van der Waals surface area contributed by atoms with Crippen molar-refractivity contribution in [1.29, 1.82) is 0 Å². The Morgan fingerprint density at radius 3 is 2.40 bits per heavy atom. The van der Waals surface area contributed by atoms with Crippen LogP contribution < -0.4 is 15.0 Å². The molecule has 1 atom stereocenters. The van der Waals surface area contributed by atoms with E-state index in [2.05, 4.69) is 19.2 Å². The fourth-order valence-electron chi connectivity index (χ4n) is 2.47. The van der Waals surface area contributed by atoms with Crippen LogP contribution in [0.1, 0.15) is 34.1 Å². The second-order valence-electron chi connectivity index (χ2n) is 5.81. The van der Waals surface area contributed by atoms with Gasteiger partial charge in [-0.15, -0.1) is 0 Å². The monoisotopic (exact) mass is 276 g/mol. The molecule has 1 aromatic rings. The van der Waals surface area contributed by atoms with Crippen LogP contribution in [0.3, 0.4) is 0 Å². The number of hydrogen-bond donors (Lipinski definition) is 1. The molecule has 4 heteroatoms. The minimum Gasteiger partial charge on any atom is -0.491 e. The summed E-state index contributed by atoms with van der Waals surface area (Å²) in [6.45, 7) is 8.90. The van der Waals surface area contributed by atoms with E-state index in [1.54, 1.807) is 0 Å². The number of ether oxygens (including phenoxy) is 1. The van der Waals surface area contributed by atoms with Crippen LogP contribution in [-0.2, 0) is 4.79 Å². The van der Waals surface area contributed by atoms with E-state index in [-0.39, 0.29) is 18.1 Å². The largest absolute Gasteiger partial charge is 0.491 e. The van der Waals surface area contributed by atoms with Crippen molar-refractivity contribution in [2.75, 3.05) is 11.4 Å². The Balaban J connectivity index is 2.03. The third kappa shape index (κ3) is 3.51. The fraction of sp³-hybridized carbons (Fsp3) is 0.562. The summed E-state index contributed by atoms with van der Waals surface area (Å²) in [5, 5.41) is 3.31. The Bertz CT molecular complexity index is 454. The quantitative estimate of drug-likeness (QED) is 0.898. The molecule has 20 heavy (non-hydrogen) atoms. The summed E-state index contributed by atoms with van der Waals surface area (Å²) in [5.74, 6) is 1.00. The average Bonchev–Trinajstić information content (AvgIpc) is 2.71. The molecule has 0 aromatic heterocycles. The second kappa shape index (κ2) is 6.27. The van der Waals surface area contributed by atoms with E-state index >= 15 is 0 Å². The third-order valence-corrected chi connectivity index (χ3v) is 3.26. The lowest BCUT2D eigenvalue weighted by molar-refractivity contribution is -0.118. The second-order valence-corrected chi connectivity index (χ2v) is 5.81. The van der Waals surface area contributed by atoms with Gasteiger partial charge in [-0.05, 0) is 44.5 Å². The Kier molecular flexibility index (Phi) is 4.65. The van der Waals surface area contributed by atoms with Crippen LogP contribution in [0.2, 0.25) is 0 Å². The van der Waals surface area contributed by atoms with Gasteiger partial charge in [0, 0.05) is 18.3 Å². The number of amides is 1. The molecule has 0 saturated carbocycles. The van der Waals surface area contributed by atoms with Gasteiger partial charge in [-0.1, -0.05) is 13.8 Å². The normalized spacial score (nSPS) is 19.2. The summed E-state index contributed by atoms with van der Waals surface area (Å²) in [6.07, 6.45) is 1.02. The molecule has 1 N–H and O–H groups in total. The van der Waals surface area contributed by atoms with Gasteiger partial charge in [-0.25, -0.2) is 0 Å². The van der Waals surface area contributed by atoms with Gasteiger partial charge in [-0.3, -0.25) is 4.79 Å². The molecule has 0 bridgehead atoms. The average molecular weight is 276 g/mol. The number of rotatable bonds is 5. The summed E-state index contributed by atoms with van der Waals surface area (Å²) in [4.78, 5) is 14.2. The van der Waals surface area contributed by atoms with Gasteiger partial charge in [0.25, 0.3) is 0 Å². The molecule has 1 aliphatic rings. The summed E-state index contributed by atoms with van der Waals surface area (Å²) >= 11 is 0. The van der Waals surface area contributed by atoms with Crippen molar-refractivity contribution in [2.24, 2.45) is 0 Å². The highest BCUT2D eigenvalue weighted by Crippen LogP contribution is 2.24. The zero-order valence-corrected chi connectivity index (χ0v) is 12.7. The first-order chi connectivity index (χ1) is 9.47. The van der Waals surface area contributed by atoms with Crippen molar-refractivity contribution in [3.63, 3.8) is 0 Å². The first-order valence-electron chi connectivity index (χ1n) is 7.31. The van der Waals surface area contributed by atoms with Crippen molar-refractivity contribution in [1.82, 2.24) is 5.32 Å². The highest BCUT2D eigenvalue weighted by atomic mass is 16.5. The van der Waals surface area contributed by atoms with Gasteiger partial charge in [0.1, 0.15) is 5.75 Å². The standard InChI is InChI=1S/C16H24N2O2/c1-11(2)17-15-9-10-18(16(15)19)13-5-7-14(8-6-13)20-12(3)4/h5-8,11-12,15,17H,9-10H2,1-4H3. The summed E-state index contributed by atoms with van der Waals surface area (Å²) in [5.41, 5.74) is 0.944. The van der Waals surface area contributed by atoms with Crippen LogP contribution in [0.15, 0.2) is 24.3 Å². The van der Waals surface area contributed by atoms with Crippen molar-refractivity contribution in [3.05, 3.63) is 24.3 Å². The van der Waals surface area contributed by atoms with Crippen molar-refractivity contribution >= 4 is 11.6 Å². The molecule has 2 rings (SSSR count). The Morgan fingerprint density at radius 2 is 1.85 bits per heavy atom. The van der Waals surface area contributed by atoms with E-state index in [0.29, 0.717) is 6.04 Å². The van der Waals surface area contributed by atoms with E-state index in [1.807, 2.05) is 43.0 Å². The lowest BCUT2D eigenvalue weighted by Crippen LogP contribution is -2.41. The molecule has 1 heterocycles. The van der Waals surface area contributed by atoms with E-state index < -0.39 is 0 Å². The van der Waals surface area contributed by atoms with Crippen LogP contribution in [0.5, 0.6) is 5.75 Å². The molecule has 1 saturated heterocycles. The topological polar surface area (TPSA) is 41.6 Å². The summed E-state index contributed by atoms with van der Waals surface area (Å²) in [7, 11) is 0. The van der Waals surface area contributed by atoms with Crippen molar-refractivity contribution in [2.45, 2.75) is 52.3 Å². The molecule has 1 unspecified atom stereocenters. The number of nitrogens with one attached hydrogen (secondary N) is 1. The first kappa shape index (κ1) is 14.9. The van der Waals surface area contributed by atoms with Crippen molar-refractivity contribution < 1.29 is 9.53 Å². The van der Waals surface area contributed by atoms with Gasteiger partial charge in [0.15, 0.2) is 0 Å². The highest BCUT2D eigenvalue weighted by molar-refractivity contribution is 5.99. The lowest BCUT2D eigenvalue weighted by Gasteiger charge is -2.19. The Hall–Kier alpha value is -1.55. The van der Waals surface area contributed by atoms with E-state index in [9.17, 15) is 4.79 Å². The molecule has 110 valence electrons. The molecule has 1 aliphatic heterocycles. The van der Waals surface area contributed by atoms with E-state index in [1.165, 1.54) is 0 Å². The SMILES string of the molecule is CC(C)NC1CCN(c2ccc(OC(C)C)cc2)C1=O. The molecule has 4 nitrogen and oxygen atoms in total. The fourth-order valence-corrected chi connectivity index (χ4v) is 2.47. The van der Waals surface area contributed by atoms with Crippen LogP contribution >= 0.6 is 0 Å². The smallest absolute Gasteiger partial charge is 0.244 e. The maximum Gasteiger partial charge on any atom is 0.244 e. The predicted molar refractivity (Wildman–Crippen MR) is 81.2 cm³/mol. The van der Waals surface area contributed by atoms with Gasteiger partial charge >= 0.3 is 0 Å². The maximum absolute atomic E-state index is 12.3. The first-order valence-corrected chi connectivity index (χ1v) is 7.31. The summed E-state index contributed by atoms with van der Waals surface area (Å²) < 4.78 is 5.62. The molecular formula is C16H24N2O2. The number of nitrogens with zero attached hydrogens (tertiary/aromatic N) is 1. The summed E-state index contributed by atoms with van der Waals surface area (Å²) in [6, 6.07) is 8.02. The van der Waals surface area contributed by atoms with Gasteiger partial charge in [-0.2, -0.15) is 0 Å². The van der Waals surface area contributed by atoms with Crippen molar-refractivity contribution in [3.8, 4) is 5.75 Å². The number of anilines is 1. The molecular weight excluding hydrogens is 252 g/mol.